The van der Waals surface area contributed by atoms with Gasteiger partial charge in [-0.2, -0.15) is 5.10 Å². The molecule has 0 amide bonds. The fourth-order valence-electron chi connectivity index (χ4n) is 2.35. The summed E-state index contributed by atoms with van der Waals surface area (Å²) < 4.78 is 15.0. The van der Waals surface area contributed by atoms with Gasteiger partial charge in [0.25, 0.3) is 5.78 Å². The number of aromatic nitrogens is 4. The van der Waals surface area contributed by atoms with Crippen molar-refractivity contribution >= 4 is 5.78 Å². The van der Waals surface area contributed by atoms with Crippen molar-refractivity contribution in [1.82, 2.24) is 19.6 Å². The third-order valence-electron chi connectivity index (χ3n) is 3.38. The highest BCUT2D eigenvalue weighted by Gasteiger charge is 2.11. The van der Waals surface area contributed by atoms with Crippen LogP contribution in [0.4, 0.5) is 4.39 Å². The van der Waals surface area contributed by atoms with Crippen molar-refractivity contribution in [2.75, 3.05) is 0 Å². The minimum Gasteiger partial charge on any atom is -0.284 e. The molecule has 0 spiro atoms. The van der Waals surface area contributed by atoms with Gasteiger partial charge in [0.1, 0.15) is 5.82 Å². The maximum Gasteiger partial charge on any atom is 0.254 e. The number of hydrogen-bond donors (Lipinski definition) is 0. The summed E-state index contributed by atoms with van der Waals surface area (Å²) >= 11 is 0. The van der Waals surface area contributed by atoms with Crippen LogP contribution in [0, 0.1) is 5.82 Å². The molecule has 2 aromatic heterocycles. The zero-order valence-electron chi connectivity index (χ0n) is 11.5. The van der Waals surface area contributed by atoms with Gasteiger partial charge < -0.3 is 0 Å². The molecule has 102 valence electrons. The summed E-state index contributed by atoms with van der Waals surface area (Å²) in [6, 6.07) is 6.31. The zero-order chi connectivity index (χ0) is 14.1. The standard InChI is InChI=1S/C15H15FN4/c1-3-12-14(4-2)20-9-13(17-15(20)19-18-12)10-5-7-11(16)8-6-10/h5-9H,3-4H2,1-2H3. The molecule has 20 heavy (non-hydrogen) atoms. The van der Waals surface area contributed by atoms with Crippen LogP contribution in [0.15, 0.2) is 30.5 Å². The maximum atomic E-state index is 13.0. The van der Waals surface area contributed by atoms with E-state index in [-0.39, 0.29) is 5.82 Å². The van der Waals surface area contributed by atoms with Gasteiger partial charge in [-0.1, -0.05) is 13.8 Å². The lowest BCUT2D eigenvalue weighted by atomic mass is 10.2. The third kappa shape index (κ3) is 2.05. The minimum atomic E-state index is -0.250. The normalized spacial score (nSPS) is 11.2. The van der Waals surface area contributed by atoms with E-state index in [1.165, 1.54) is 12.1 Å². The Balaban J connectivity index is 2.17. The Morgan fingerprint density at radius 3 is 2.45 bits per heavy atom. The molecule has 0 fully saturated rings. The third-order valence-corrected chi connectivity index (χ3v) is 3.38. The van der Waals surface area contributed by atoms with Gasteiger partial charge in [0.2, 0.25) is 0 Å². The Morgan fingerprint density at radius 2 is 1.80 bits per heavy atom. The topological polar surface area (TPSA) is 43.1 Å². The molecule has 4 nitrogen and oxygen atoms in total. The van der Waals surface area contributed by atoms with Crippen LogP contribution in [0.2, 0.25) is 0 Å². The smallest absolute Gasteiger partial charge is 0.254 e. The van der Waals surface area contributed by atoms with Crippen molar-refractivity contribution in [3.63, 3.8) is 0 Å². The summed E-state index contributed by atoms with van der Waals surface area (Å²) in [6.07, 6.45) is 3.65. The highest BCUT2D eigenvalue weighted by Crippen LogP contribution is 2.20. The van der Waals surface area contributed by atoms with Crippen LogP contribution in [0.25, 0.3) is 17.0 Å². The van der Waals surface area contributed by atoms with Gasteiger partial charge in [0.15, 0.2) is 0 Å². The van der Waals surface area contributed by atoms with Crippen molar-refractivity contribution in [3.8, 4) is 11.3 Å². The largest absolute Gasteiger partial charge is 0.284 e. The monoisotopic (exact) mass is 270 g/mol. The lowest BCUT2D eigenvalue weighted by Gasteiger charge is -2.05. The lowest BCUT2D eigenvalue weighted by molar-refractivity contribution is 0.628. The van der Waals surface area contributed by atoms with Gasteiger partial charge in [-0.25, -0.2) is 9.37 Å². The second-order valence-electron chi connectivity index (χ2n) is 4.60. The van der Waals surface area contributed by atoms with Gasteiger partial charge >= 0.3 is 0 Å². The molecule has 0 atom stereocenters. The van der Waals surface area contributed by atoms with E-state index in [1.807, 2.05) is 10.6 Å². The highest BCUT2D eigenvalue weighted by atomic mass is 19.1. The van der Waals surface area contributed by atoms with E-state index in [0.717, 1.165) is 35.5 Å². The fourth-order valence-corrected chi connectivity index (χ4v) is 2.35. The van der Waals surface area contributed by atoms with Crippen LogP contribution in [-0.4, -0.2) is 19.6 Å². The Morgan fingerprint density at radius 1 is 1.05 bits per heavy atom. The van der Waals surface area contributed by atoms with E-state index in [4.69, 9.17) is 0 Å². The molecule has 0 saturated carbocycles. The summed E-state index contributed by atoms with van der Waals surface area (Å²) in [4.78, 5) is 4.46. The van der Waals surface area contributed by atoms with Gasteiger partial charge in [-0.05, 0) is 37.1 Å². The Kier molecular flexibility index (Phi) is 3.18. The molecule has 2 heterocycles. The zero-order valence-corrected chi connectivity index (χ0v) is 11.5. The fraction of sp³-hybridized carbons (Fsp3) is 0.267. The van der Waals surface area contributed by atoms with Crippen molar-refractivity contribution < 1.29 is 4.39 Å². The first kappa shape index (κ1) is 12.7. The van der Waals surface area contributed by atoms with Crippen molar-refractivity contribution in [2.45, 2.75) is 26.7 Å². The molecule has 3 aromatic rings. The number of hydrogen-bond acceptors (Lipinski definition) is 3. The Labute approximate surface area is 116 Å². The van der Waals surface area contributed by atoms with Crippen LogP contribution in [0.1, 0.15) is 25.2 Å². The molecule has 0 N–H and O–H groups in total. The predicted octanol–water partition coefficient (Wildman–Crippen LogP) is 3.06. The van der Waals surface area contributed by atoms with Crippen LogP contribution in [-0.2, 0) is 12.8 Å². The van der Waals surface area contributed by atoms with Crippen molar-refractivity contribution in [2.24, 2.45) is 0 Å². The average Bonchev–Trinajstić information content (AvgIpc) is 2.90. The minimum absolute atomic E-state index is 0.250. The Bertz CT molecular complexity index is 746. The molecule has 0 saturated heterocycles. The van der Waals surface area contributed by atoms with Crippen LogP contribution in [0.3, 0.4) is 0 Å². The van der Waals surface area contributed by atoms with E-state index in [2.05, 4.69) is 29.0 Å². The summed E-state index contributed by atoms with van der Waals surface area (Å²) in [5.74, 6) is 0.332. The molecule has 5 heteroatoms. The number of fused-ring (bicyclic) bond motifs is 1. The van der Waals surface area contributed by atoms with Gasteiger partial charge in [-0.15, -0.1) is 5.10 Å². The summed E-state index contributed by atoms with van der Waals surface area (Å²) in [5, 5.41) is 8.38. The van der Waals surface area contributed by atoms with Crippen LogP contribution in [0.5, 0.6) is 0 Å². The molecule has 0 unspecified atom stereocenters. The first-order valence-electron chi connectivity index (χ1n) is 6.72. The van der Waals surface area contributed by atoms with Gasteiger partial charge in [-0.3, -0.25) is 4.40 Å². The van der Waals surface area contributed by atoms with E-state index < -0.39 is 0 Å². The summed E-state index contributed by atoms with van der Waals surface area (Å²) in [7, 11) is 0. The predicted molar refractivity (Wildman–Crippen MR) is 74.9 cm³/mol. The summed E-state index contributed by atoms with van der Waals surface area (Å²) in [6.45, 7) is 4.15. The summed E-state index contributed by atoms with van der Waals surface area (Å²) in [5.41, 5.74) is 3.76. The second kappa shape index (κ2) is 5.00. The molecule has 0 radical (unpaired) electrons. The molecule has 0 aliphatic carbocycles. The number of nitrogens with zero attached hydrogens (tertiary/aromatic N) is 4. The number of imidazole rings is 1. The van der Waals surface area contributed by atoms with Crippen LogP contribution < -0.4 is 0 Å². The van der Waals surface area contributed by atoms with Crippen LogP contribution >= 0.6 is 0 Å². The number of aryl methyl sites for hydroxylation is 2. The highest BCUT2D eigenvalue weighted by molar-refractivity contribution is 5.61. The average molecular weight is 270 g/mol. The number of benzene rings is 1. The first-order valence-corrected chi connectivity index (χ1v) is 6.72. The first-order chi connectivity index (χ1) is 9.72. The quantitative estimate of drug-likeness (QED) is 0.734. The molecule has 0 bridgehead atoms. The van der Waals surface area contributed by atoms with Crippen molar-refractivity contribution in [3.05, 3.63) is 47.7 Å². The molecule has 1 aromatic carbocycles. The van der Waals surface area contributed by atoms with E-state index in [0.29, 0.717) is 5.78 Å². The molecule has 3 rings (SSSR count). The SMILES string of the molecule is CCc1nnc2nc(-c3ccc(F)cc3)cn2c1CC. The Hall–Kier alpha value is -2.30. The molecular weight excluding hydrogens is 255 g/mol. The molecule has 0 aliphatic heterocycles. The molecule has 0 aliphatic rings. The maximum absolute atomic E-state index is 13.0. The van der Waals surface area contributed by atoms with Gasteiger partial charge in [0, 0.05) is 17.5 Å². The van der Waals surface area contributed by atoms with Gasteiger partial charge in [0.05, 0.1) is 11.4 Å². The van der Waals surface area contributed by atoms with Crippen molar-refractivity contribution in [1.29, 1.82) is 0 Å². The number of rotatable bonds is 3. The van der Waals surface area contributed by atoms with E-state index in [9.17, 15) is 4.39 Å². The van der Waals surface area contributed by atoms with E-state index in [1.54, 1.807) is 12.1 Å². The molecular formula is C15H15FN4. The second-order valence-corrected chi connectivity index (χ2v) is 4.60. The van der Waals surface area contributed by atoms with E-state index >= 15 is 0 Å². The number of halogens is 1. The lowest BCUT2D eigenvalue weighted by Crippen LogP contribution is -2.05.